The van der Waals surface area contributed by atoms with Gasteiger partial charge >= 0.3 is 0 Å². The molecular weight excluding hydrogens is 334 g/mol. The molecule has 1 aliphatic rings. The predicted octanol–water partition coefficient (Wildman–Crippen LogP) is 3.36. The summed E-state index contributed by atoms with van der Waals surface area (Å²) in [7, 11) is 1.57. The number of rotatable bonds is 4. The molecule has 1 aliphatic heterocycles. The highest BCUT2D eigenvalue weighted by Gasteiger charge is 2.29. The standard InChI is InChI=1S/C19H19N3O4/c1-24-15-6-3-2-5-14(15)19(23)22-10-8-13(9-11-22)17-20-21-18(26-17)16-7-4-12-25-16/h2-7,12-13H,8-11H2,1H3. The third kappa shape index (κ3) is 3.08. The number of aromatic nitrogens is 2. The molecule has 7 nitrogen and oxygen atoms in total. The molecule has 0 spiro atoms. The van der Waals surface area contributed by atoms with Gasteiger partial charge in [-0.2, -0.15) is 0 Å². The summed E-state index contributed by atoms with van der Waals surface area (Å²) >= 11 is 0. The molecule has 0 aliphatic carbocycles. The first-order chi connectivity index (χ1) is 12.8. The number of piperidine rings is 1. The van der Waals surface area contributed by atoms with E-state index in [1.54, 1.807) is 37.6 Å². The van der Waals surface area contributed by atoms with Gasteiger partial charge in [-0.1, -0.05) is 12.1 Å². The van der Waals surface area contributed by atoms with Crippen LogP contribution in [0.1, 0.15) is 35.0 Å². The molecule has 1 amide bonds. The van der Waals surface area contributed by atoms with Crippen LogP contribution in [0.4, 0.5) is 0 Å². The summed E-state index contributed by atoms with van der Waals surface area (Å²) < 4.78 is 16.3. The number of methoxy groups -OCH3 is 1. The smallest absolute Gasteiger partial charge is 0.283 e. The van der Waals surface area contributed by atoms with Crippen LogP contribution in [0, 0.1) is 0 Å². The summed E-state index contributed by atoms with van der Waals surface area (Å²) in [5.74, 6) is 2.28. The van der Waals surface area contributed by atoms with Crippen molar-refractivity contribution in [1.29, 1.82) is 0 Å². The number of carbonyl (C=O) groups excluding carboxylic acids is 1. The Morgan fingerprint density at radius 3 is 2.69 bits per heavy atom. The van der Waals surface area contributed by atoms with Gasteiger partial charge in [-0.15, -0.1) is 10.2 Å². The van der Waals surface area contributed by atoms with Gasteiger partial charge in [0.05, 0.1) is 18.9 Å². The van der Waals surface area contributed by atoms with Crippen molar-refractivity contribution in [2.75, 3.05) is 20.2 Å². The number of benzene rings is 1. The lowest BCUT2D eigenvalue weighted by molar-refractivity contribution is 0.0703. The molecule has 0 atom stereocenters. The molecule has 3 aromatic rings. The van der Waals surface area contributed by atoms with E-state index in [0.717, 1.165) is 12.8 Å². The summed E-state index contributed by atoms with van der Waals surface area (Å²) in [5.41, 5.74) is 0.589. The minimum atomic E-state index is -0.0114. The van der Waals surface area contributed by atoms with Crippen molar-refractivity contribution in [2.24, 2.45) is 0 Å². The first-order valence-electron chi connectivity index (χ1n) is 8.56. The van der Waals surface area contributed by atoms with Crippen molar-refractivity contribution < 1.29 is 18.4 Å². The van der Waals surface area contributed by atoms with Gasteiger partial charge in [0, 0.05) is 19.0 Å². The Bertz CT molecular complexity index is 880. The summed E-state index contributed by atoms with van der Waals surface area (Å²) in [6.07, 6.45) is 3.13. The largest absolute Gasteiger partial charge is 0.496 e. The number of nitrogens with zero attached hydrogens (tertiary/aromatic N) is 3. The van der Waals surface area contributed by atoms with Crippen molar-refractivity contribution in [2.45, 2.75) is 18.8 Å². The number of amides is 1. The van der Waals surface area contributed by atoms with Crippen LogP contribution >= 0.6 is 0 Å². The number of hydrogen-bond donors (Lipinski definition) is 0. The number of carbonyl (C=O) groups is 1. The number of hydrogen-bond acceptors (Lipinski definition) is 6. The van der Waals surface area contributed by atoms with E-state index >= 15 is 0 Å². The van der Waals surface area contributed by atoms with Crippen LogP contribution in [-0.4, -0.2) is 41.2 Å². The molecule has 2 aromatic heterocycles. The Hall–Kier alpha value is -3.09. The first kappa shape index (κ1) is 16.4. The molecule has 0 N–H and O–H groups in total. The van der Waals surface area contributed by atoms with Crippen LogP contribution in [0.25, 0.3) is 11.7 Å². The maximum atomic E-state index is 12.8. The maximum absolute atomic E-state index is 12.8. The second kappa shape index (κ2) is 7.03. The van der Waals surface area contributed by atoms with Crippen LogP contribution in [0.3, 0.4) is 0 Å². The summed E-state index contributed by atoms with van der Waals surface area (Å²) in [4.78, 5) is 14.6. The molecule has 4 rings (SSSR count). The topological polar surface area (TPSA) is 81.6 Å². The molecule has 0 saturated carbocycles. The minimum Gasteiger partial charge on any atom is -0.496 e. The zero-order valence-electron chi connectivity index (χ0n) is 14.4. The Labute approximate surface area is 150 Å². The molecule has 1 aromatic carbocycles. The molecule has 3 heterocycles. The van der Waals surface area contributed by atoms with Gasteiger partial charge in [0.2, 0.25) is 5.89 Å². The normalized spacial score (nSPS) is 15.2. The van der Waals surface area contributed by atoms with Gasteiger partial charge in [0.25, 0.3) is 11.8 Å². The average Bonchev–Trinajstić information content (AvgIpc) is 3.39. The van der Waals surface area contributed by atoms with E-state index in [9.17, 15) is 4.79 Å². The van der Waals surface area contributed by atoms with Gasteiger partial charge in [-0.25, -0.2) is 0 Å². The second-order valence-corrected chi connectivity index (χ2v) is 6.19. The van der Waals surface area contributed by atoms with E-state index < -0.39 is 0 Å². The fraction of sp³-hybridized carbons (Fsp3) is 0.316. The summed E-state index contributed by atoms with van der Waals surface area (Å²) in [5, 5.41) is 8.20. The third-order valence-corrected chi connectivity index (χ3v) is 4.64. The second-order valence-electron chi connectivity index (χ2n) is 6.19. The molecular formula is C19H19N3O4. The van der Waals surface area contributed by atoms with E-state index in [2.05, 4.69) is 10.2 Å². The first-order valence-corrected chi connectivity index (χ1v) is 8.56. The number of ether oxygens (including phenoxy) is 1. The van der Waals surface area contributed by atoms with Crippen molar-refractivity contribution in [1.82, 2.24) is 15.1 Å². The lowest BCUT2D eigenvalue weighted by atomic mass is 9.96. The highest BCUT2D eigenvalue weighted by Crippen LogP contribution is 2.30. The molecule has 1 fully saturated rings. The van der Waals surface area contributed by atoms with E-state index in [1.165, 1.54) is 0 Å². The van der Waals surface area contributed by atoms with E-state index in [1.807, 2.05) is 17.0 Å². The molecule has 0 unspecified atom stereocenters. The van der Waals surface area contributed by atoms with Crippen molar-refractivity contribution in [3.8, 4) is 17.4 Å². The fourth-order valence-electron chi connectivity index (χ4n) is 3.22. The van der Waals surface area contributed by atoms with E-state index in [-0.39, 0.29) is 11.8 Å². The molecule has 26 heavy (non-hydrogen) atoms. The molecule has 1 saturated heterocycles. The summed E-state index contributed by atoms with van der Waals surface area (Å²) in [6, 6.07) is 10.9. The lowest BCUT2D eigenvalue weighted by Gasteiger charge is -2.30. The number of likely N-dealkylation sites (tertiary alicyclic amines) is 1. The summed E-state index contributed by atoms with van der Waals surface area (Å²) in [6.45, 7) is 1.28. The van der Waals surface area contributed by atoms with Gasteiger partial charge in [-0.05, 0) is 37.1 Å². The lowest BCUT2D eigenvalue weighted by Crippen LogP contribution is -2.38. The Balaban J connectivity index is 1.42. The van der Waals surface area contributed by atoms with Crippen LogP contribution in [0.15, 0.2) is 51.5 Å². The van der Waals surface area contributed by atoms with Gasteiger partial charge in [0.15, 0.2) is 5.76 Å². The molecule has 0 bridgehead atoms. The zero-order valence-corrected chi connectivity index (χ0v) is 14.4. The van der Waals surface area contributed by atoms with Gasteiger partial charge in [0.1, 0.15) is 5.75 Å². The van der Waals surface area contributed by atoms with Crippen LogP contribution in [-0.2, 0) is 0 Å². The van der Waals surface area contributed by atoms with E-state index in [0.29, 0.717) is 41.9 Å². The minimum absolute atomic E-state index is 0.0114. The van der Waals surface area contributed by atoms with E-state index in [4.69, 9.17) is 13.6 Å². The number of furan rings is 1. The van der Waals surface area contributed by atoms with Gasteiger partial charge < -0.3 is 18.5 Å². The quantitative estimate of drug-likeness (QED) is 0.715. The zero-order chi connectivity index (χ0) is 17.9. The average molecular weight is 353 g/mol. The molecule has 134 valence electrons. The van der Waals surface area contributed by atoms with Crippen molar-refractivity contribution in [3.05, 3.63) is 54.1 Å². The molecule has 7 heteroatoms. The monoisotopic (exact) mass is 353 g/mol. The Morgan fingerprint density at radius 2 is 1.96 bits per heavy atom. The third-order valence-electron chi connectivity index (χ3n) is 4.64. The van der Waals surface area contributed by atoms with Crippen molar-refractivity contribution >= 4 is 5.91 Å². The number of para-hydroxylation sites is 1. The highest BCUT2D eigenvalue weighted by molar-refractivity contribution is 5.97. The molecule has 0 radical (unpaired) electrons. The maximum Gasteiger partial charge on any atom is 0.283 e. The SMILES string of the molecule is COc1ccccc1C(=O)N1CCC(c2nnc(-c3ccco3)o2)CC1. The predicted molar refractivity (Wildman–Crippen MR) is 92.9 cm³/mol. The van der Waals surface area contributed by atoms with Crippen LogP contribution < -0.4 is 4.74 Å². The fourth-order valence-corrected chi connectivity index (χ4v) is 3.22. The van der Waals surface area contributed by atoms with Crippen LogP contribution in [0.5, 0.6) is 5.75 Å². The van der Waals surface area contributed by atoms with Crippen molar-refractivity contribution in [3.63, 3.8) is 0 Å². The Kier molecular flexibility index (Phi) is 4.43. The highest BCUT2D eigenvalue weighted by atomic mass is 16.5. The van der Waals surface area contributed by atoms with Gasteiger partial charge in [-0.3, -0.25) is 4.79 Å². The Morgan fingerprint density at radius 1 is 1.15 bits per heavy atom. The van der Waals surface area contributed by atoms with Crippen LogP contribution in [0.2, 0.25) is 0 Å².